The van der Waals surface area contributed by atoms with Gasteiger partial charge in [-0.25, -0.2) is 8.42 Å². The number of thiophene rings is 1. The Bertz CT molecular complexity index is 937. The van der Waals surface area contributed by atoms with Crippen molar-refractivity contribution in [3.05, 3.63) is 46.1 Å². The van der Waals surface area contributed by atoms with E-state index >= 15 is 0 Å². The zero-order valence-corrected chi connectivity index (χ0v) is 16.0. The fourth-order valence-corrected chi connectivity index (χ4v) is 5.63. The van der Waals surface area contributed by atoms with E-state index in [2.05, 4.69) is 4.98 Å². The van der Waals surface area contributed by atoms with Crippen LogP contribution < -0.4 is 0 Å². The number of halogens is 4. The Balaban J connectivity index is 1.66. The minimum atomic E-state index is -4.58. The molecular formula is C15H13ClF3N3O3S2. The lowest BCUT2D eigenvalue weighted by Crippen LogP contribution is -2.50. The number of carbonyl (C=O) groups is 1. The van der Waals surface area contributed by atoms with Crippen molar-refractivity contribution in [2.75, 3.05) is 26.2 Å². The number of hydrogen-bond donors (Lipinski definition) is 0. The Labute approximate surface area is 162 Å². The summed E-state index contributed by atoms with van der Waals surface area (Å²) >= 11 is 6.73. The molecular weight excluding hydrogens is 427 g/mol. The van der Waals surface area contributed by atoms with E-state index in [0.29, 0.717) is 4.34 Å². The highest BCUT2D eigenvalue weighted by Gasteiger charge is 2.34. The third-order valence-electron chi connectivity index (χ3n) is 3.97. The maximum Gasteiger partial charge on any atom is 0.433 e. The lowest BCUT2D eigenvalue weighted by molar-refractivity contribution is -0.141. The minimum absolute atomic E-state index is 0.0179. The molecule has 0 bridgehead atoms. The van der Waals surface area contributed by atoms with Crippen LogP contribution in [0, 0.1) is 0 Å². The van der Waals surface area contributed by atoms with Gasteiger partial charge in [0.2, 0.25) is 0 Å². The number of hydrogen-bond acceptors (Lipinski definition) is 5. The molecule has 0 N–H and O–H groups in total. The molecule has 3 heterocycles. The number of aromatic nitrogens is 1. The smallest absolute Gasteiger partial charge is 0.336 e. The fraction of sp³-hybridized carbons (Fsp3) is 0.333. The first-order valence-corrected chi connectivity index (χ1v) is 10.3. The van der Waals surface area contributed by atoms with Crippen LogP contribution in [0.3, 0.4) is 0 Å². The Kier molecular flexibility index (Phi) is 5.48. The number of carbonyl (C=O) groups excluding carboxylic acids is 1. The number of pyridine rings is 1. The number of sulfonamides is 1. The number of nitrogens with zero attached hydrogens (tertiary/aromatic N) is 3. The van der Waals surface area contributed by atoms with Crippen molar-refractivity contribution in [1.29, 1.82) is 0 Å². The first-order valence-electron chi connectivity index (χ1n) is 7.67. The van der Waals surface area contributed by atoms with Gasteiger partial charge in [0.15, 0.2) is 0 Å². The molecule has 1 fully saturated rings. The van der Waals surface area contributed by atoms with Gasteiger partial charge in [-0.3, -0.25) is 9.78 Å². The van der Waals surface area contributed by atoms with Crippen molar-refractivity contribution in [3.63, 3.8) is 0 Å². The van der Waals surface area contributed by atoms with Crippen LogP contribution in [0.25, 0.3) is 0 Å². The third kappa shape index (κ3) is 4.26. The molecule has 0 atom stereocenters. The van der Waals surface area contributed by atoms with Crippen LogP contribution in [0.1, 0.15) is 16.1 Å². The van der Waals surface area contributed by atoms with Crippen LogP contribution in [0.5, 0.6) is 0 Å². The van der Waals surface area contributed by atoms with Gasteiger partial charge in [0.05, 0.1) is 9.90 Å². The van der Waals surface area contributed by atoms with Crippen LogP contribution in [-0.2, 0) is 16.2 Å². The zero-order chi connectivity index (χ0) is 19.8. The Morgan fingerprint density at radius 1 is 1.11 bits per heavy atom. The van der Waals surface area contributed by atoms with Crippen LogP contribution in [0.2, 0.25) is 4.34 Å². The Morgan fingerprint density at radius 3 is 2.26 bits per heavy atom. The molecule has 6 nitrogen and oxygen atoms in total. The van der Waals surface area contributed by atoms with E-state index in [-0.39, 0.29) is 36.0 Å². The largest absolute Gasteiger partial charge is 0.433 e. The van der Waals surface area contributed by atoms with Crippen LogP contribution in [-0.4, -0.2) is 54.7 Å². The summed E-state index contributed by atoms with van der Waals surface area (Å²) in [5.74, 6) is -0.493. The van der Waals surface area contributed by atoms with Gasteiger partial charge in [0.25, 0.3) is 15.9 Å². The van der Waals surface area contributed by atoms with E-state index in [1.165, 1.54) is 21.3 Å². The van der Waals surface area contributed by atoms with Crippen molar-refractivity contribution in [2.45, 2.75) is 10.4 Å². The van der Waals surface area contributed by atoms with Crippen LogP contribution >= 0.6 is 22.9 Å². The van der Waals surface area contributed by atoms with Crippen molar-refractivity contribution < 1.29 is 26.4 Å². The highest BCUT2D eigenvalue weighted by molar-refractivity contribution is 7.91. The summed E-state index contributed by atoms with van der Waals surface area (Å²) in [7, 11) is -3.68. The molecule has 1 aliphatic heterocycles. The van der Waals surface area contributed by atoms with Crippen LogP contribution in [0.4, 0.5) is 13.2 Å². The molecule has 1 amide bonds. The van der Waals surface area contributed by atoms with Crippen LogP contribution in [0.15, 0.2) is 34.7 Å². The summed E-state index contributed by atoms with van der Waals surface area (Å²) < 4.78 is 64.4. The average molecular weight is 440 g/mol. The van der Waals surface area contributed by atoms with E-state index in [9.17, 15) is 26.4 Å². The summed E-state index contributed by atoms with van der Waals surface area (Å²) in [6.07, 6.45) is -3.70. The molecule has 0 aromatic carbocycles. The van der Waals surface area contributed by atoms with Crippen molar-refractivity contribution in [2.24, 2.45) is 0 Å². The number of rotatable bonds is 3. The second-order valence-corrected chi connectivity index (χ2v) is 9.56. The summed E-state index contributed by atoms with van der Waals surface area (Å²) in [4.78, 5) is 17.1. The topological polar surface area (TPSA) is 70.6 Å². The lowest BCUT2D eigenvalue weighted by Gasteiger charge is -2.33. The van der Waals surface area contributed by atoms with Gasteiger partial charge >= 0.3 is 6.18 Å². The molecule has 3 rings (SSSR count). The van der Waals surface area contributed by atoms with Gasteiger partial charge < -0.3 is 4.90 Å². The molecule has 146 valence electrons. The number of alkyl halides is 3. The first-order chi connectivity index (χ1) is 12.6. The molecule has 1 aliphatic rings. The fourth-order valence-electron chi connectivity index (χ4n) is 2.57. The van der Waals surface area contributed by atoms with Gasteiger partial charge in [-0.1, -0.05) is 11.6 Å². The third-order valence-corrected chi connectivity index (χ3v) is 7.57. The highest BCUT2D eigenvalue weighted by atomic mass is 35.5. The maximum absolute atomic E-state index is 12.5. The monoisotopic (exact) mass is 439 g/mol. The molecule has 27 heavy (non-hydrogen) atoms. The van der Waals surface area contributed by atoms with E-state index in [1.54, 1.807) is 0 Å². The molecule has 0 aliphatic carbocycles. The molecule has 2 aromatic heterocycles. The molecule has 0 unspecified atom stereocenters. The maximum atomic E-state index is 12.5. The second-order valence-electron chi connectivity index (χ2n) is 5.68. The predicted octanol–water partition coefficient (Wildman–Crippen LogP) is 2.96. The van der Waals surface area contributed by atoms with Crippen molar-refractivity contribution >= 4 is 38.9 Å². The molecule has 1 saturated heterocycles. The van der Waals surface area contributed by atoms with E-state index in [4.69, 9.17) is 11.6 Å². The van der Waals surface area contributed by atoms with Gasteiger partial charge in [0, 0.05) is 32.4 Å². The summed E-state index contributed by atoms with van der Waals surface area (Å²) in [5, 5.41) is 0. The minimum Gasteiger partial charge on any atom is -0.336 e. The van der Waals surface area contributed by atoms with Gasteiger partial charge in [-0.15, -0.1) is 11.3 Å². The predicted molar refractivity (Wildman–Crippen MR) is 93.2 cm³/mol. The molecule has 12 heteroatoms. The highest BCUT2D eigenvalue weighted by Crippen LogP contribution is 2.29. The zero-order valence-electron chi connectivity index (χ0n) is 13.6. The molecule has 0 saturated carbocycles. The average Bonchev–Trinajstić information content (AvgIpc) is 3.08. The lowest BCUT2D eigenvalue weighted by atomic mass is 10.2. The summed E-state index contributed by atoms with van der Waals surface area (Å²) in [6.45, 7) is 0.408. The van der Waals surface area contributed by atoms with Crippen molar-refractivity contribution in [1.82, 2.24) is 14.2 Å². The van der Waals surface area contributed by atoms with E-state index < -0.39 is 27.8 Å². The van der Waals surface area contributed by atoms with Gasteiger partial charge in [-0.2, -0.15) is 17.5 Å². The Morgan fingerprint density at radius 2 is 1.78 bits per heavy atom. The SMILES string of the molecule is O=C(c1ccc(C(F)(F)F)nc1)N1CCN(S(=O)(=O)c2ccc(Cl)s2)CC1. The number of amides is 1. The standard InChI is InChI=1S/C15H13ClF3N3O3S2/c16-12-3-4-13(26-12)27(24,25)22-7-5-21(6-8-22)14(23)10-1-2-11(20-9-10)15(17,18)19/h1-4,9H,5-8H2. The number of piperazine rings is 1. The van der Waals surface area contributed by atoms with E-state index in [1.807, 2.05) is 0 Å². The quantitative estimate of drug-likeness (QED) is 0.737. The normalized spacial score (nSPS) is 16.5. The van der Waals surface area contributed by atoms with E-state index in [0.717, 1.165) is 29.7 Å². The molecule has 0 radical (unpaired) electrons. The van der Waals surface area contributed by atoms with Crippen molar-refractivity contribution in [3.8, 4) is 0 Å². The second kappa shape index (κ2) is 7.38. The first kappa shape index (κ1) is 20.1. The van der Waals surface area contributed by atoms with Gasteiger partial charge in [0.1, 0.15) is 9.90 Å². The Hall–Kier alpha value is -1.69. The summed E-state index contributed by atoms with van der Waals surface area (Å²) in [5.41, 5.74) is -1.06. The molecule has 2 aromatic rings. The summed E-state index contributed by atoms with van der Waals surface area (Å²) in [6, 6.07) is 4.73. The van der Waals surface area contributed by atoms with Gasteiger partial charge in [-0.05, 0) is 24.3 Å². The molecule has 0 spiro atoms.